The third-order valence-corrected chi connectivity index (χ3v) is 6.64. The number of nitriles is 1. The first kappa shape index (κ1) is 22.3. The molecular formula is C24H26BrN5O2. The summed E-state index contributed by atoms with van der Waals surface area (Å²) in [5.74, 6) is 2.85. The lowest BCUT2D eigenvalue weighted by Gasteiger charge is -2.33. The van der Waals surface area contributed by atoms with Gasteiger partial charge in [-0.1, -0.05) is 6.07 Å². The Balaban J connectivity index is 1.60. The molecule has 166 valence electrons. The summed E-state index contributed by atoms with van der Waals surface area (Å²) >= 11 is 3.52. The van der Waals surface area contributed by atoms with Gasteiger partial charge in [-0.2, -0.15) is 5.26 Å². The van der Waals surface area contributed by atoms with Crippen molar-refractivity contribution in [2.24, 2.45) is 5.92 Å². The molecule has 0 unspecified atom stereocenters. The molecule has 1 aromatic heterocycles. The number of hydrogen-bond donors (Lipinski definition) is 2. The molecule has 0 saturated carbocycles. The summed E-state index contributed by atoms with van der Waals surface area (Å²) in [6, 6.07) is 13.8. The number of anilines is 2. The summed E-state index contributed by atoms with van der Waals surface area (Å²) in [6.45, 7) is 2.59. The molecule has 1 aliphatic heterocycles. The summed E-state index contributed by atoms with van der Waals surface area (Å²) in [5, 5.41) is 33.0. The van der Waals surface area contributed by atoms with Crippen molar-refractivity contribution in [1.82, 2.24) is 10.2 Å². The van der Waals surface area contributed by atoms with Gasteiger partial charge in [0.1, 0.15) is 5.75 Å². The van der Waals surface area contributed by atoms with Crippen LogP contribution in [-0.2, 0) is 6.54 Å². The molecule has 1 fully saturated rings. The Morgan fingerprint density at radius 2 is 2.00 bits per heavy atom. The molecule has 32 heavy (non-hydrogen) atoms. The average Bonchev–Trinajstić information content (AvgIpc) is 2.83. The highest BCUT2D eigenvalue weighted by Gasteiger charge is 2.22. The van der Waals surface area contributed by atoms with Crippen molar-refractivity contribution in [2.75, 3.05) is 37.0 Å². The number of nitrogens with zero attached hydrogens (tertiary/aromatic N) is 4. The quantitative estimate of drug-likeness (QED) is 0.498. The Kier molecular flexibility index (Phi) is 7.08. The number of halogens is 1. The van der Waals surface area contributed by atoms with Crippen LogP contribution in [0.5, 0.6) is 5.75 Å². The minimum Gasteiger partial charge on any atom is -0.496 e. The first-order valence-electron chi connectivity index (χ1n) is 10.8. The predicted molar refractivity (Wildman–Crippen MR) is 129 cm³/mol. The van der Waals surface area contributed by atoms with Crippen LogP contribution in [0, 0.1) is 17.2 Å². The van der Waals surface area contributed by atoms with Crippen molar-refractivity contribution in [3.63, 3.8) is 0 Å². The van der Waals surface area contributed by atoms with E-state index in [1.54, 1.807) is 7.11 Å². The van der Waals surface area contributed by atoms with Crippen LogP contribution in [0.25, 0.3) is 10.8 Å². The molecule has 1 aliphatic rings. The Hall–Kier alpha value is -2.89. The van der Waals surface area contributed by atoms with Gasteiger partial charge < -0.3 is 20.1 Å². The van der Waals surface area contributed by atoms with Crippen LogP contribution in [0.2, 0.25) is 0 Å². The van der Waals surface area contributed by atoms with E-state index in [2.05, 4.69) is 42.4 Å². The smallest absolute Gasteiger partial charge is 0.159 e. The van der Waals surface area contributed by atoms with Crippen LogP contribution in [0.1, 0.15) is 30.4 Å². The van der Waals surface area contributed by atoms with Gasteiger partial charge in [-0.25, -0.2) is 0 Å². The second-order valence-electron chi connectivity index (χ2n) is 8.01. The Morgan fingerprint density at radius 1 is 1.19 bits per heavy atom. The van der Waals surface area contributed by atoms with Crippen LogP contribution in [-0.4, -0.2) is 42.1 Å². The van der Waals surface area contributed by atoms with Crippen LogP contribution < -0.4 is 15.0 Å². The fourth-order valence-electron chi connectivity index (χ4n) is 4.20. The van der Waals surface area contributed by atoms with E-state index in [0.29, 0.717) is 23.8 Å². The number of aromatic nitrogens is 2. The van der Waals surface area contributed by atoms with Gasteiger partial charge in [0.15, 0.2) is 11.6 Å². The molecule has 8 heteroatoms. The molecule has 0 spiro atoms. The van der Waals surface area contributed by atoms with Gasteiger partial charge in [-0.05, 0) is 77.0 Å². The first-order valence-corrected chi connectivity index (χ1v) is 11.5. The number of rotatable bonds is 7. The lowest BCUT2D eigenvalue weighted by Crippen LogP contribution is -2.34. The summed E-state index contributed by atoms with van der Waals surface area (Å²) in [5.41, 5.74) is 1.66. The second-order valence-corrected chi connectivity index (χ2v) is 8.86. The van der Waals surface area contributed by atoms with E-state index in [1.807, 2.05) is 36.4 Å². The number of piperidine rings is 1. The van der Waals surface area contributed by atoms with E-state index in [4.69, 9.17) is 4.74 Å². The minimum atomic E-state index is 0.246. The van der Waals surface area contributed by atoms with Crippen molar-refractivity contribution in [3.05, 3.63) is 52.0 Å². The molecule has 2 N–H and O–H groups in total. The van der Waals surface area contributed by atoms with Crippen molar-refractivity contribution in [2.45, 2.75) is 25.8 Å². The molecule has 0 radical (unpaired) electrons. The largest absolute Gasteiger partial charge is 0.496 e. The second kappa shape index (κ2) is 10.2. The van der Waals surface area contributed by atoms with Crippen LogP contribution in [0.15, 0.2) is 40.9 Å². The van der Waals surface area contributed by atoms with Crippen LogP contribution in [0.3, 0.4) is 0 Å². The summed E-state index contributed by atoms with van der Waals surface area (Å²) in [4.78, 5) is 2.26. The van der Waals surface area contributed by atoms with E-state index in [1.165, 1.54) is 0 Å². The third kappa shape index (κ3) is 4.79. The van der Waals surface area contributed by atoms with Crippen molar-refractivity contribution in [3.8, 4) is 11.8 Å². The highest BCUT2D eigenvalue weighted by molar-refractivity contribution is 9.10. The summed E-state index contributed by atoms with van der Waals surface area (Å²) in [7, 11) is 1.64. The normalized spacial score (nSPS) is 14.4. The number of benzene rings is 2. The fourth-order valence-corrected chi connectivity index (χ4v) is 4.78. The molecule has 3 aromatic rings. The topological polar surface area (TPSA) is 94.3 Å². The number of aliphatic hydroxyl groups is 1. The molecule has 4 rings (SSSR count). The summed E-state index contributed by atoms with van der Waals surface area (Å²) < 4.78 is 6.19. The molecule has 2 aromatic carbocycles. The van der Waals surface area contributed by atoms with Crippen molar-refractivity contribution >= 4 is 38.3 Å². The van der Waals surface area contributed by atoms with Gasteiger partial charge in [0.2, 0.25) is 0 Å². The van der Waals surface area contributed by atoms with E-state index < -0.39 is 0 Å². The zero-order valence-electron chi connectivity index (χ0n) is 18.0. The maximum Gasteiger partial charge on any atom is 0.159 e. The van der Waals surface area contributed by atoms with Crippen LogP contribution >= 0.6 is 15.9 Å². The SMILES string of the molecule is COc1ccc(CNc2nnc(N3CCC(CCO)CC3)c3ccc(C#N)cc23)cc1Br. The highest BCUT2D eigenvalue weighted by Crippen LogP contribution is 2.33. The average molecular weight is 496 g/mol. The number of ether oxygens (including phenoxy) is 1. The Labute approximate surface area is 196 Å². The molecule has 1 saturated heterocycles. The van der Waals surface area contributed by atoms with E-state index in [-0.39, 0.29) is 6.61 Å². The Morgan fingerprint density at radius 3 is 2.69 bits per heavy atom. The number of hydrogen-bond acceptors (Lipinski definition) is 7. The standard InChI is InChI=1S/C24H26BrN5O2/c1-32-22-5-3-18(13-21(22)25)15-27-23-20-12-17(14-26)2-4-19(20)24(29-28-23)30-9-6-16(7-10-30)8-11-31/h2-5,12-13,16,31H,6-11,15H2,1H3,(H,27,28). The molecule has 7 nitrogen and oxygen atoms in total. The number of fused-ring (bicyclic) bond motifs is 1. The minimum absolute atomic E-state index is 0.246. The van der Waals surface area contributed by atoms with Gasteiger partial charge in [-0.15, -0.1) is 10.2 Å². The number of nitrogens with one attached hydrogen (secondary N) is 1. The monoisotopic (exact) mass is 495 g/mol. The van der Waals surface area contributed by atoms with Gasteiger partial charge >= 0.3 is 0 Å². The van der Waals surface area contributed by atoms with Gasteiger partial charge in [0.05, 0.1) is 23.2 Å². The highest BCUT2D eigenvalue weighted by atomic mass is 79.9. The summed E-state index contributed by atoms with van der Waals surface area (Å²) in [6.07, 6.45) is 2.93. The van der Waals surface area contributed by atoms with Gasteiger partial charge in [0, 0.05) is 37.0 Å². The molecule has 0 bridgehead atoms. The fraction of sp³-hybridized carbons (Fsp3) is 0.375. The molecule has 0 amide bonds. The van der Waals surface area contributed by atoms with E-state index in [9.17, 15) is 10.4 Å². The first-order chi connectivity index (χ1) is 15.6. The molecule has 0 aliphatic carbocycles. The maximum absolute atomic E-state index is 9.42. The number of aliphatic hydroxyl groups excluding tert-OH is 1. The third-order valence-electron chi connectivity index (χ3n) is 6.02. The predicted octanol–water partition coefficient (Wildman–Crippen LogP) is 4.48. The molecule has 2 heterocycles. The zero-order chi connectivity index (χ0) is 22.5. The lowest BCUT2D eigenvalue weighted by molar-refractivity contribution is 0.240. The Bertz CT molecular complexity index is 1140. The van der Waals surface area contributed by atoms with Gasteiger partial charge in [-0.3, -0.25) is 0 Å². The molecular weight excluding hydrogens is 470 g/mol. The van der Waals surface area contributed by atoms with E-state index >= 15 is 0 Å². The number of methoxy groups -OCH3 is 1. The van der Waals surface area contributed by atoms with Gasteiger partial charge in [0.25, 0.3) is 0 Å². The molecule has 0 atom stereocenters. The zero-order valence-corrected chi connectivity index (χ0v) is 19.6. The lowest BCUT2D eigenvalue weighted by atomic mass is 9.94. The van der Waals surface area contributed by atoms with Crippen LogP contribution in [0.4, 0.5) is 11.6 Å². The van der Waals surface area contributed by atoms with Crippen molar-refractivity contribution in [1.29, 1.82) is 5.26 Å². The maximum atomic E-state index is 9.42. The van der Waals surface area contributed by atoms with E-state index in [0.717, 1.165) is 64.7 Å². The van der Waals surface area contributed by atoms with Crippen molar-refractivity contribution < 1.29 is 9.84 Å².